The van der Waals surface area contributed by atoms with Crippen molar-refractivity contribution in [1.29, 1.82) is 0 Å². The molecule has 0 fully saturated rings. The number of fused-ring (bicyclic) bond motifs is 2. The van der Waals surface area contributed by atoms with Crippen LogP contribution in [-0.2, 0) is 9.59 Å². The molecule has 0 aliphatic heterocycles. The fourth-order valence-electron chi connectivity index (χ4n) is 5.06. The number of aromatic amines is 2. The molecule has 4 aromatic heterocycles. The van der Waals surface area contributed by atoms with Crippen LogP contribution >= 0.6 is 0 Å². The summed E-state index contributed by atoms with van der Waals surface area (Å²) in [6, 6.07) is 22.8. The van der Waals surface area contributed by atoms with Crippen LogP contribution in [0.3, 0.4) is 0 Å². The van der Waals surface area contributed by atoms with E-state index in [-0.39, 0.29) is 24.2 Å². The summed E-state index contributed by atoms with van der Waals surface area (Å²) in [6.45, 7) is 3.87. The molecular formula is C36H42N8O5. The van der Waals surface area contributed by atoms with Gasteiger partial charge in [0.05, 0.1) is 20.6 Å². The number of pyridine rings is 2. The number of aromatic nitrogens is 6. The van der Waals surface area contributed by atoms with Crippen LogP contribution in [0.5, 0.6) is 11.5 Å². The lowest BCUT2D eigenvalue weighted by Crippen LogP contribution is -2.27. The summed E-state index contributed by atoms with van der Waals surface area (Å²) in [4.78, 5) is 33.1. The van der Waals surface area contributed by atoms with Crippen molar-refractivity contribution in [2.24, 2.45) is 0 Å². The molecule has 0 bridgehead atoms. The van der Waals surface area contributed by atoms with Gasteiger partial charge in [0.2, 0.25) is 5.91 Å². The monoisotopic (exact) mass is 666 g/mol. The predicted molar refractivity (Wildman–Crippen MR) is 190 cm³/mol. The largest absolute Gasteiger partial charge is 0.497 e. The first kappa shape index (κ1) is 35.9. The molecule has 13 heteroatoms. The highest BCUT2D eigenvalue weighted by molar-refractivity contribution is 5.93. The number of hydrogen-bond acceptors (Lipinski definition) is 9. The molecule has 49 heavy (non-hydrogen) atoms. The number of aliphatic carboxylic acids is 1. The van der Waals surface area contributed by atoms with E-state index in [1.807, 2.05) is 93.7 Å². The molecule has 6 aromatic rings. The molecule has 0 aliphatic rings. The molecule has 2 unspecified atom stereocenters. The molecule has 1 amide bonds. The number of amides is 1. The molecule has 6 rings (SSSR count). The highest BCUT2D eigenvalue weighted by Crippen LogP contribution is 2.27. The first-order valence-corrected chi connectivity index (χ1v) is 15.7. The molecule has 0 saturated heterocycles. The van der Waals surface area contributed by atoms with E-state index in [2.05, 4.69) is 35.7 Å². The van der Waals surface area contributed by atoms with Gasteiger partial charge in [-0.05, 0) is 72.8 Å². The third-order valence-corrected chi connectivity index (χ3v) is 7.88. The number of carbonyl (C=O) groups is 2. The van der Waals surface area contributed by atoms with Crippen LogP contribution in [0.2, 0.25) is 0 Å². The van der Waals surface area contributed by atoms with Crippen LogP contribution in [0, 0.1) is 0 Å². The maximum Gasteiger partial charge on any atom is 0.304 e. The summed E-state index contributed by atoms with van der Waals surface area (Å²) in [6.07, 6.45) is 3.84. The highest BCUT2D eigenvalue weighted by Gasteiger charge is 2.20. The number of rotatable bonds is 10. The molecule has 0 radical (unpaired) electrons. The van der Waals surface area contributed by atoms with Gasteiger partial charge in [-0.3, -0.25) is 19.8 Å². The molecule has 0 saturated carbocycles. The number of methoxy groups -OCH3 is 2. The number of hydrogen-bond donors (Lipinski definition) is 4. The Bertz CT molecular complexity index is 1920. The lowest BCUT2D eigenvalue weighted by Gasteiger charge is -2.19. The number of H-pyrrole nitrogens is 2. The van der Waals surface area contributed by atoms with Gasteiger partial charge in [0.25, 0.3) is 0 Å². The lowest BCUT2D eigenvalue weighted by molar-refractivity contribution is -0.137. The van der Waals surface area contributed by atoms with E-state index in [9.17, 15) is 9.59 Å². The Morgan fingerprint density at radius 2 is 1.24 bits per heavy atom. The Balaban J connectivity index is 0.000000184. The van der Waals surface area contributed by atoms with Crippen molar-refractivity contribution in [1.82, 2.24) is 30.4 Å². The van der Waals surface area contributed by atoms with E-state index in [1.54, 1.807) is 38.6 Å². The van der Waals surface area contributed by atoms with Crippen molar-refractivity contribution >= 4 is 45.3 Å². The Morgan fingerprint density at radius 3 is 1.69 bits per heavy atom. The van der Waals surface area contributed by atoms with Gasteiger partial charge in [-0.15, -0.1) is 0 Å². The zero-order valence-corrected chi connectivity index (χ0v) is 28.5. The number of benzene rings is 2. The molecule has 2 atom stereocenters. The minimum Gasteiger partial charge on any atom is -0.497 e. The first-order valence-electron chi connectivity index (χ1n) is 15.7. The normalized spacial score (nSPS) is 11.7. The maximum absolute atomic E-state index is 12.6. The van der Waals surface area contributed by atoms with Gasteiger partial charge in [0.15, 0.2) is 11.3 Å². The van der Waals surface area contributed by atoms with Crippen LogP contribution in [0.15, 0.2) is 85.2 Å². The maximum atomic E-state index is 12.6. The quantitative estimate of drug-likeness (QED) is 0.128. The molecule has 4 N–H and O–H groups in total. The van der Waals surface area contributed by atoms with Gasteiger partial charge in [-0.2, -0.15) is 10.2 Å². The molecular weight excluding hydrogens is 624 g/mol. The third-order valence-electron chi connectivity index (χ3n) is 7.88. The van der Waals surface area contributed by atoms with Crippen molar-refractivity contribution in [3.63, 3.8) is 0 Å². The van der Waals surface area contributed by atoms with Crippen LogP contribution in [0.25, 0.3) is 22.1 Å². The van der Waals surface area contributed by atoms with Crippen LogP contribution in [0.1, 0.15) is 49.9 Å². The van der Waals surface area contributed by atoms with Gasteiger partial charge >= 0.3 is 5.97 Å². The van der Waals surface area contributed by atoms with E-state index in [4.69, 9.17) is 14.6 Å². The highest BCUT2D eigenvalue weighted by atomic mass is 16.5. The summed E-state index contributed by atoms with van der Waals surface area (Å²) in [5.41, 5.74) is 5.01. The van der Waals surface area contributed by atoms with Crippen molar-refractivity contribution in [2.45, 2.75) is 38.5 Å². The number of ether oxygens (including phenoxy) is 2. The third kappa shape index (κ3) is 9.53. The van der Waals surface area contributed by atoms with E-state index in [1.165, 1.54) is 0 Å². The molecule has 2 aromatic carbocycles. The second kappa shape index (κ2) is 17.3. The van der Waals surface area contributed by atoms with E-state index < -0.39 is 5.97 Å². The smallest absolute Gasteiger partial charge is 0.304 e. The van der Waals surface area contributed by atoms with Crippen LogP contribution < -0.4 is 19.7 Å². The number of nitrogens with one attached hydrogen (secondary N) is 3. The van der Waals surface area contributed by atoms with Crippen molar-refractivity contribution in [2.75, 3.05) is 38.5 Å². The Hall–Kier alpha value is -5.98. The lowest BCUT2D eigenvalue weighted by atomic mass is 10.0. The van der Waals surface area contributed by atoms with Crippen LogP contribution in [0.4, 0.5) is 11.4 Å². The van der Waals surface area contributed by atoms with E-state index in [0.29, 0.717) is 17.7 Å². The summed E-state index contributed by atoms with van der Waals surface area (Å²) in [5.74, 6) is 0.820. The van der Waals surface area contributed by atoms with Crippen molar-refractivity contribution in [3.8, 4) is 11.5 Å². The van der Waals surface area contributed by atoms with Crippen molar-refractivity contribution in [3.05, 3.63) is 96.6 Å². The average Bonchev–Trinajstić information content (AvgIpc) is 3.77. The number of carboxylic acid groups (broad SMARTS) is 1. The van der Waals surface area contributed by atoms with Crippen molar-refractivity contribution < 1.29 is 24.2 Å². The SMILES string of the molecule is CC(CC(=O)O)c1[nH]nc2ncccc12.CNc1ccc(OC)cc1.COc1ccc(N(C)C(=O)CC(C)c2[nH]nc3ncccc23)cc1. The first-order chi connectivity index (χ1) is 23.6. The van der Waals surface area contributed by atoms with Gasteiger partial charge in [-0.1, -0.05) is 13.8 Å². The summed E-state index contributed by atoms with van der Waals surface area (Å²) in [5, 5.41) is 27.7. The number of anilines is 2. The minimum atomic E-state index is -0.811. The summed E-state index contributed by atoms with van der Waals surface area (Å²) < 4.78 is 10.1. The van der Waals surface area contributed by atoms with Gasteiger partial charge in [0.1, 0.15) is 11.5 Å². The van der Waals surface area contributed by atoms with Crippen LogP contribution in [-0.4, -0.2) is 75.7 Å². The Morgan fingerprint density at radius 1 is 0.776 bits per heavy atom. The zero-order chi connectivity index (χ0) is 35.3. The summed E-state index contributed by atoms with van der Waals surface area (Å²) in [7, 11) is 6.95. The number of carbonyl (C=O) groups excluding carboxylic acids is 1. The molecule has 13 nitrogen and oxygen atoms in total. The second-order valence-electron chi connectivity index (χ2n) is 11.3. The standard InChI is InChI=1S/C18H20N4O2.C10H11N3O2.C8H11NO/c1-12(17-15-5-4-10-19-18(15)21-20-17)11-16(23)22(2)13-6-8-14(24-3)9-7-13;1-6(5-8(14)15)9-7-3-2-4-11-10(7)13-12-9;1-9-7-3-5-8(10-2)6-4-7/h4-10,12H,11H2,1-3H3,(H,19,20,21);2-4,6H,5H2,1H3,(H,14,15)(H,11,12,13);3-6,9H,1-2H3. The predicted octanol–water partition coefficient (Wildman–Crippen LogP) is 6.40. The topological polar surface area (TPSA) is 171 Å². The number of nitrogens with zero attached hydrogens (tertiary/aromatic N) is 5. The van der Waals surface area contributed by atoms with Gasteiger partial charge < -0.3 is 24.8 Å². The fraction of sp³-hybridized carbons (Fsp3) is 0.278. The van der Waals surface area contributed by atoms with E-state index >= 15 is 0 Å². The second-order valence-corrected chi connectivity index (χ2v) is 11.3. The molecule has 256 valence electrons. The van der Waals surface area contributed by atoms with E-state index in [0.717, 1.165) is 45.0 Å². The molecule has 0 aliphatic carbocycles. The Labute approximate surface area is 284 Å². The Kier molecular flexibility index (Phi) is 12.6. The summed E-state index contributed by atoms with van der Waals surface area (Å²) >= 11 is 0. The van der Waals surface area contributed by atoms with Gasteiger partial charge in [-0.25, -0.2) is 9.97 Å². The minimum absolute atomic E-state index is 0.0207. The molecule has 0 spiro atoms. The zero-order valence-electron chi connectivity index (χ0n) is 28.5. The van der Waals surface area contributed by atoms with Gasteiger partial charge in [0, 0.05) is 78.3 Å². The fourth-order valence-corrected chi connectivity index (χ4v) is 5.06. The average molecular weight is 667 g/mol. The number of carboxylic acids is 1. The molecule has 4 heterocycles.